The van der Waals surface area contributed by atoms with Crippen LogP contribution in [0.25, 0.3) is 0 Å². The lowest BCUT2D eigenvalue weighted by atomic mass is 10.1. The van der Waals surface area contributed by atoms with Gasteiger partial charge in [-0.3, -0.25) is 4.99 Å². The Morgan fingerprint density at radius 1 is 1.28 bits per heavy atom. The molecule has 0 aromatic rings. The molecule has 204 valence electrons. The molecule has 0 fully saturated rings. The summed E-state index contributed by atoms with van der Waals surface area (Å²) in [4.78, 5) is 17.6. The number of nitrogens with zero attached hydrogens (tertiary/aromatic N) is 2. The highest BCUT2D eigenvalue weighted by molar-refractivity contribution is 8.13. The van der Waals surface area contributed by atoms with Crippen LogP contribution in [0.4, 0.5) is 13.2 Å². The molecule has 0 aromatic heterocycles. The van der Waals surface area contributed by atoms with Gasteiger partial charge in [0.25, 0.3) is 0 Å². The van der Waals surface area contributed by atoms with Gasteiger partial charge in [-0.1, -0.05) is 54.7 Å². The number of aliphatic imine (C=N–C) groups is 1. The highest BCUT2D eigenvalue weighted by Gasteiger charge is 2.24. The van der Waals surface area contributed by atoms with E-state index in [4.69, 9.17) is 14.8 Å². The third-order valence-electron chi connectivity index (χ3n) is 4.96. The first-order chi connectivity index (χ1) is 17.0. The number of carbonyl (C=O) groups is 1. The molecular formula is C27H41F3N2O3S. The fourth-order valence-corrected chi connectivity index (χ4v) is 3.95. The van der Waals surface area contributed by atoms with E-state index < -0.39 is 18.6 Å². The molecule has 0 aromatic carbocycles. The van der Waals surface area contributed by atoms with Crippen LogP contribution in [0.15, 0.2) is 65.2 Å². The first-order valence-electron chi connectivity index (χ1n) is 12.0. The predicted octanol–water partition coefficient (Wildman–Crippen LogP) is 6.85. The number of halogens is 3. The van der Waals surface area contributed by atoms with E-state index in [-0.39, 0.29) is 19.3 Å². The Morgan fingerprint density at radius 3 is 2.58 bits per heavy atom. The zero-order chi connectivity index (χ0) is 27.4. The van der Waals surface area contributed by atoms with Gasteiger partial charge < -0.3 is 14.7 Å². The number of allylic oxidation sites excluding steroid dienone is 6. The summed E-state index contributed by atoms with van der Waals surface area (Å²) in [5, 5.41) is 9.34. The maximum absolute atomic E-state index is 12.5. The minimum atomic E-state index is -4.22. The van der Waals surface area contributed by atoms with Gasteiger partial charge in [-0.05, 0) is 52.8 Å². The van der Waals surface area contributed by atoms with Crippen LogP contribution in [0.5, 0.6) is 0 Å². The molecule has 1 unspecified atom stereocenters. The predicted molar refractivity (Wildman–Crippen MR) is 146 cm³/mol. The molecule has 0 saturated carbocycles. The molecule has 0 aliphatic rings. The van der Waals surface area contributed by atoms with Gasteiger partial charge in [0, 0.05) is 18.7 Å². The lowest BCUT2D eigenvalue weighted by molar-refractivity contribution is -0.141. The number of carboxylic acids is 1. The molecule has 1 atom stereocenters. The summed E-state index contributed by atoms with van der Waals surface area (Å²) in [6.07, 6.45) is 11.4. The first kappa shape index (κ1) is 33.9. The highest BCUT2D eigenvalue weighted by atomic mass is 32.2. The van der Waals surface area contributed by atoms with Crippen LogP contribution in [-0.4, -0.2) is 72.3 Å². The maximum atomic E-state index is 12.5. The van der Waals surface area contributed by atoms with Crippen molar-refractivity contribution in [2.45, 2.75) is 58.7 Å². The Balaban J connectivity index is 5.12. The maximum Gasteiger partial charge on any atom is 0.392 e. The Hall–Kier alpha value is -2.10. The van der Waals surface area contributed by atoms with E-state index in [0.29, 0.717) is 5.57 Å². The molecule has 0 heterocycles. The van der Waals surface area contributed by atoms with Crippen molar-refractivity contribution in [3.63, 3.8) is 0 Å². The Kier molecular flexibility index (Phi) is 18.8. The molecule has 0 radical (unpaired) electrons. The summed E-state index contributed by atoms with van der Waals surface area (Å²) >= 11 is 1.43. The molecule has 1 N–H and O–H groups in total. The van der Waals surface area contributed by atoms with E-state index in [9.17, 15) is 18.0 Å². The summed E-state index contributed by atoms with van der Waals surface area (Å²) in [6.45, 7) is 11.9. The molecule has 5 nitrogen and oxygen atoms in total. The largest absolute Gasteiger partial charge is 0.480 e. The van der Waals surface area contributed by atoms with Crippen molar-refractivity contribution in [2.75, 3.05) is 39.1 Å². The molecule has 0 amide bonds. The normalized spacial score (nSPS) is 14.8. The minimum Gasteiger partial charge on any atom is -0.480 e. The van der Waals surface area contributed by atoms with Gasteiger partial charge in [-0.25, -0.2) is 4.79 Å². The van der Waals surface area contributed by atoms with Crippen molar-refractivity contribution in [1.82, 2.24) is 4.90 Å². The van der Waals surface area contributed by atoms with Crippen LogP contribution in [0.2, 0.25) is 0 Å². The summed E-state index contributed by atoms with van der Waals surface area (Å²) in [6, 6.07) is -0.0390. The lowest BCUT2D eigenvalue weighted by Gasteiger charge is -2.24. The standard InChI is InChI=1S/C27H41F3N2O3S/c1-6-8-9-10-17-32(18-12-13-22(3)15-19-35-21-25(33)34)20-23(4)31-26(36-5)24(7-2)14-11-16-27(28,29)30/h6-9,11,14-15,23H,1,10,12-13,16-21H2,2-5H3,(H,33,34)/b9-8+,14-11-,22-15+,24-7+,31-26?. The van der Waals surface area contributed by atoms with Gasteiger partial charge in [0.15, 0.2) is 0 Å². The van der Waals surface area contributed by atoms with Crippen LogP contribution in [-0.2, 0) is 9.53 Å². The number of hydrogen-bond donors (Lipinski definition) is 1. The lowest BCUT2D eigenvalue weighted by Crippen LogP contribution is -2.32. The van der Waals surface area contributed by atoms with Gasteiger partial charge >= 0.3 is 12.1 Å². The van der Waals surface area contributed by atoms with Gasteiger partial charge in [-0.2, -0.15) is 13.2 Å². The topological polar surface area (TPSA) is 62.1 Å². The fraction of sp³-hybridized carbons (Fsp3) is 0.556. The molecule has 0 saturated heterocycles. The van der Waals surface area contributed by atoms with Crippen molar-refractivity contribution < 1.29 is 27.8 Å². The van der Waals surface area contributed by atoms with E-state index in [1.165, 1.54) is 17.8 Å². The number of carboxylic acid groups (broad SMARTS) is 1. The van der Waals surface area contributed by atoms with Gasteiger partial charge in [0.1, 0.15) is 6.61 Å². The van der Waals surface area contributed by atoms with Crippen LogP contribution in [0.1, 0.15) is 46.5 Å². The molecule has 0 rings (SSSR count). The molecule has 0 aliphatic carbocycles. The molecule has 0 aliphatic heterocycles. The third-order valence-corrected chi connectivity index (χ3v) is 5.69. The second-order valence-corrected chi connectivity index (χ2v) is 9.06. The zero-order valence-corrected chi connectivity index (χ0v) is 22.7. The molecular weight excluding hydrogens is 489 g/mol. The van der Waals surface area contributed by atoms with Crippen LogP contribution < -0.4 is 0 Å². The number of hydrogen-bond acceptors (Lipinski definition) is 5. The van der Waals surface area contributed by atoms with E-state index in [0.717, 1.165) is 55.6 Å². The zero-order valence-electron chi connectivity index (χ0n) is 21.9. The van der Waals surface area contributed by atoms with Crippen molar-refractivity contribution in [3.05, 3.63) is 60.3 Å². The van der Waals surface area contributed by atoms with Crippen LogP contribution >= 0.6 is 11.8 Å². The van der Waals surface area contributed by atoms with E-state index in [1.54, 1.807) is 19.1 Å². The van der Waals surface area contributed by atoms with E-state index in [2.05, 4.69) is 17.6 Å². The monoisotopic (exact) mass is 530 g/mol. The first-order valence-corrected chi connectivity index (χ1v) is 13.2. The second kappa shape index (κ2) is 20.0. The van der Waals surface area contributed by atoms with Gasteiger partial charge in [0.05, 0.1) is 24.1 Å². The summed E-state index contributed by atoms with van der Waals surface area (Å²) in [5.74, 6) is -0.984. The minimum absolute atomic E-state index is 0.0390. The second-order valence-electron chi connectivity index (χ2n) is 8.27. The number of thioether (sulfide) groups is 1. The number of alkyl halides is 3. The van der Waals surface area contributed by atoms with Crippen molar-refractivity contribution in [1.29, 1.82) is 0 Å². The number of ether oxygens (including phenoxy) is 1. The Labute approximate surface area is 218 Å². The fourth-order valence-electron chi connectivity index (χ4n) is 3.25. The summed E-state index contributed by atoms with van der Waals surface area (Å²) in [7, 11) is 0. The third kappa shape index (κ3) is 19.1. The van der Waals surface area contributed by atoms with E-state index in [1.807, 2.05) is 32.3 Å². The van der Waals surface area contributed by atoms with E-state index >= 15 is 0 Å². The summed E-state index contributed by atoms with van der Waals surface area (Å²) in [5.41, 5.74) is 1.83. The average Bonchev–Trinajstić information content (AvgIpc) is 2.80. The Bertz CT molecular complexity index is 803. The van der Waals surface area contributed by atoms with Crippen molar-refractivity contribution in [3.8, 4) is 0 Å². The SMILES string of the molecule is C=C/C=C/CCN(CCC/C(C)=C/COCC(=O)O)CC(C)N=C(SC)C(/C=C\CC(F)(F)F)=C/C. The smallest absolute Gasteiger partial charge is 0.392 e. The number of rotatable bonds is 18. The summed E-state index contributed by atoms with van der Waals surface area (Å²) < 4.78 is 42.6. The van der Waals surface area contributed by atoms with Gasteiger partial charge in [0.2, 0.25) is 0 Å². The highest BCUT2D eigenvalue weighted by Crippen LogP contribution is 2.21. The molecule has 0 spiro atoms. The molecule has 9 heteroatoms. The quantitative estimate of drug-likeness (QED) is 0.0690. The van der Waals surface area contributed by atoms with Crippen molar-refractivity contribution >= 4 is 22.8 Å². The average molecular weight is 531 g/mol. The van der Waals surface area contributed by atoms with Crippen LogP contribution in [0, 0.1) is 0 Å². The van der Waals surface area contributed by atoms with Gasteiger partial charge in [-0.15, -0.1) is 11.8 Å². The van der Waals surface area contributed by atoms with Crippen LogP contribution in [0.3, 0.4) is 0 Å². The molecule has 0 bridgehead atoms. The number of aliphatic carboxylic acids is 1. The molecule has 36 heavy (non-hydrogen) atoms. The van der Waals surface area contributed by atoms with Crippen molar-refractivity contribution in [2.24, 2.45) is 4.99 Å². The Morgan fingerprint density at radius 2 is 2.00 bits per heavy atom.